The summed E-state index contributed by atoms with van der Waals surface area (Å²) < 4.78 is 25.0. The Bertz CT molecular complexity index is 278. The Balaban J connectivity index is 3.36. The Morgan fingerprint density at radius 1 is 1.27 bits per heavy atom. The second kappa shape index (κ2) is 2.61. The molecule has 0 aliphatic carbocycles. The lowest BCUT2D eigenvalue weighted by Crippen LogP contribution is -1.89. The highest BCUT2D eigenvalue weighted by atomic mass is 19.1. The summed E-state index contributed by atoms with van der Waals surface area (Å²) >= 11 is 0. The number of benzene rings is 1. The molecule has 0 saturated carbocycles. The van der Waals surface area contributed by atoms with Crippen molar-refractivity contribution in [3.05, 3.63) is 28.7 Å². The average Bonchev–Trinajstić information content (AvgIpc) is 1.85. The molecule has 11 heavy (non-hydrogen) atoms. The lowest BCUT2D eigenvalue weighted by atomic mass is 10.2. The zero-order chi connectivity index (χ0) is 8.43. The molecule has 0 unspecified atom stereocenters. The van der Waals surface area contributed by atoms with E-state index in [0.717, 1.165) is 12.1 Å². The molecule has 0 bridgehead atoms. The van der Waals surface area contributed by atoms with Gasteiger partial charge in [-0.25, -0.2) is 8.78 Å². The van der Waals surface area contributed by atoms with E-state index in [1.807, 2.05) is 0 Å². The van der Waals surface area contributed by atoms with Gasteiger partial charge in [-0.3, -0.25) is 0 Å². The van der Waals surface area contributed by atoms with E-state index in [1.165, 1.54) is 0 Å². The van der Waals surface area contributed by atoms with Crippen LogP contribution in [0.1, 0.15) is 0 Å². The third-order valence-electron chi connectivity index (χ3n) is 1.13. The van der Waals surface area contributed by atoms with Crippen molar-refractivity contribution in [1.29, 1.82) is 0 Å². The molecule has 1 aromatic rings. The van der Waals surface area contributed by atoms with E-state index < -0.39 is 17.3 Å². The van der Waals surface area contributed by atoms with Crippen LogP contribution in [0.15, 0.2) is 17.3 Å². The van der Waals surface area contributed by atoms with E-state index in [9.17, 15) is 13.7 Å². The minimum absolute atomic E-state index is 0.0765. The van der Waals surface area contributed by atoms with E-state index in [0.29, 0.717) is 0 Å². The maximum atomic E-state index is 12.5. The Labute approximate surface area is 60.8 Å². The molecule has 0 aromatic heterocycles. The number of hydrogen-bond acceptors (Lipinski definition) is 3. The largest absolute Gasteiger partial charge is 0.399 e. The minimum atomic E-state index is -1.04. The first kappa shape index (κ1) is 7.59. The smallest absolute Gasteiger partial charge is 0.179 e. The van der Waals surface area contributed by atoms with Gasteiger partial charge in [0.2, 0.25) is 0 Å². The highest BCUT2D eigenvalue weighted by Crippen LogP contribution is 2.23. The first-order chi connectivity index (χ1) is 5.15. The van der Waals surface area contributed by atoms with Crippen molar-refractivity contribution in [3.8, 4) is 0 Å². The van der Waals surface area contributed by atoms with Crippen molar-refractivity contribution in [2.24, 2.45) is 5.18 Å². The summed E-state index contributed by atoms with van der Waals surface area (Å²) in [4.78, 5) is 9.79. The van der Waals surface area contributed by atoms with Gasteiger partial charge in [0.1, 0.15) is 0 Å². The van der Waals surface area contributed by atoms with Gasteiger partial charge in [-0.2, -0.15) is 0 Å². The second-order valence-electron chi connectivity index (χ2n) is 1.92. The van der Waals surface area contributed by atoms with Crippen LogP contribution in [0.4, 0.5) is 20.2 Å². The lowest BCUT2D eigenvalue weighted by Gasteiger charge is -1.96. The number of halogens is 2. The summed E-state index contributed by atoms with van der Waals surface area (Å²) in [6.07, 6.45) is 0. The summed E-state index contributed by atoms with van der Waals surface area (Å²) in [6, 6.07) is 1.67. The molecule has 1 aromatic carbocycles. The predicted molar refractivity (Wildman–Crippen MR) is 36.2 cm³/mol. The fourth-order valence-corrected chi connectivity index (χ4v) is 0.672. The number of anilines is 1. The van der Waals surface area contributed by atoms with Crippen molar-refractivity contribution in [1.82, 2.24) is 0 Å². The van der Waals surface area contributed by atoms with Gasteiger partial charge in [0.05, 0.1) is 0 Å². The van der Waals surface area contributed by atoms with Crippen molar-refractivity contribution >= 4 is 11.4 Å². The second-order valence-corrected chi connectivity index (χ2v) is 1.92. The Kier molecular flexibility index (Phi) is 1.80. The summed E-state index contributed by atoms with van der Waals surface area (Å²) in [5.41, 5.74) is 4.15. The minimum Gasteiger partial charge on any atom is -0.399 e. The van der Waals surface area contributed by atoms with Gasteiger partial charge in [-0.15, -0.1) is 4.91 Å². The number of hydrogen-bond donors (Lipinski definition) is 1. The van der Waals surface area contributed by atoms with Crippen LogP contribution in [-0.2, 0) is 0 Å². The Morgan fingerprint density at radius 3 is 2.09 bits per heavy atom. The zero-order valence-electron chi connectivity index (χ0n) is 5.34. The molecule has 5 heteroatoms. The van der Waals surface area contributed by atoms with Crippen LogP contribution in [-0.4, -0.2) is 0 Å². The average molecular weight is 158 g/mol. The van der Waals surface area contributed by atoms with Gasteiger partial charge in [0.25, 0.3) is 0 Å². The third-order valence-corrected chi connectivity index (χ3v) is 1.13. The van der Waals surface area contributed by atoms with E-state index in [2.05, 4.69) is 5.18 Å². The van der Waals surface area contributed by atoms with Crippen molar-refractivity contribution in [2.75, 3.05) is 5.73 Å². The quantitative estimate of drug-likeness (QED) is 0.501. The van der Waals surface area contributed by atoms with Crippen molar-refractivity contribution in [2.45, 2.75) is 0 Å². The molecule has 0 radical (unpaired) electrons. The predicted octanol–water partition coefficient (Wildman–Crippen LogP) is 1.94. The van der Waals surface area contributed by atoms with Gasteiger partial charge in [-0.05, 0) is 17.3 Å². The SMILES string of the molecule is Nc1cc(F)c(N=O)c(F)c1. The number of rotatable bonds is 1. The molecule has 3 nitrogen and oxygen atoms in total. The van der Waals surface area contributed by atoms with Gasteiger partial charge in [0, 0.05) is 5.69 Å². The van der Waals surface area contributed by atoms with Crippen LogP contribution >= 0.6 is 0 Å². The molecule has 0 saturated heterocycles. The molecule has 0 aliphatic rings. The van der Waals surface area contributed by atoms with Gasteiger partial charge >= 0.3 is 0 Å². The number of nitrogen functional groups attached to an aromatic ring is 1. The summed E-state index contributed by atoms with van der Waals surface area (Å²) in [5, 5.41) is 2.16. The van der Waals surface area contributed by atoms with Crippen LogP contribution in [0, 0.1) is 16.5 Å². The van der Waals surface area contributed by atoms with E-state index in [-0.39, 0.29) is 5.69 Å². The van der Waals surface area contributed by atoms with Crippen molar-refractivity contribution in [3.63, 3.8) is 0 Å². The maximum absolute atomic E-state index is 12.5. The van der Waals surface area contributed by atoms with Crippen LogP contribution in [0.5, 0.6) is 0 Å². The Hall–Kier alpha value is -1.52. The summed E-state index contributed by atoms with van der Waals surface area (Å²) in [5.74, 6) is -2.09. The third kappa shape index (κ3) is 1.31. The molecule has 2 N–H and O–H groups in total. The highest BCUT2D eigenvalue weighted by Gasteiger charge is 2.09. The van der Waals surface area contributed by atoms with Crippen LogP contribution in [0.25, 0.3) is 0 Å². The molecule has 0 aliphatic heterocycles. The highest BCUT2D eigenvalue weighted by molar-refractivity contribution is 5.50. The molecule has 0 heterocycles. The fraction of sp³-hybridized carbons (Fsp3) is 0. The van der Waals surface area contributed by atoms with Gasteiger partial charge < -0.3 is 5.73 Å². The van der Waals surface area contributed by atoms with Gasteiger partial charge in [0.15, 0.2) is 17.3 Å². The number of nitrogens with zero attached hydrogens (tertiary/aromatic N) is 1. The molecule has 0 amide bonds. The molecule has 0 spiro atoms. The van der Waals surface area contributed by atoms with E-state index in [1.54, 1.807) is 0 Å². The van der Waals surface area contributed by atoms with Crippen LogP contribution in [0.3, 0.4) is 0 Å². The topological polar surface area (TPSA) is 55.4 Å². The molecule has 0 atom stereocenters. The monoisotopic (exact) mass is 158 g/mol. The summed E-state index contributed by atoms with van der Waals surface area (Å²) in [6.45, 7) is 0. The van der Waals surface area contributed by atoms with Gasteiger partial charge in [-0.1, -0.05) is 0 Å². The first-order valence-corrected chi connectivity index (χ1v) is 2.73. The van der Waals surface area contributed by atoms with E-state index in [4.69, 9.17) is 5.73 Å². The number of nitrogens with two attached hydrogens (primary N) is 1. The standard InChI is InChI=1S/C6H4F2N2O/c7-4-1-3(9)2-5(8)6(4)10-11/h1-2H,9H2. The first-order valence-electron chi connectivity index (χ1n) is 2.73. The number of nitroso groups, excluding NO2 is 1. The normalized spacial score (nSPS) is 9.64. The maximum Gasteiger partial charge on any atom is 0.179 e. The molecular formula is C6H4F2N2O. The van der Waals surface area contributed by atoms with Crippen molar-refractivity contribution < 1.29 is 8.78 Å². The molecule has 0 fully saturated rings. The Morgan fingerprint density at radius 2 is 1.73 bits per heavy atom. The zero-order valence-corrected chi connectivity index (χ0v) is 5.34. The molecular weight excluding hydrogens is 154 g/mol. The van der Waals surface area contributed by atoms with E-state index >= 15 is 0 Å². The van der Waals surface area contributed by atoms with Crippen LogP contribution < -0.4 is 5.73 Å². The molecule has 58 valence electrons. The van der Waals surface area contributed by atoms with Crippen LogP contribution in [0.2, 0.25) is 0 Å². The molecule has 1 rings (SSSR count). The lowest BCUT2D eigenvalue weighted by molar-refractivity contribution is 0.588. The summed E-state index contributed by atoms with van der Waals surface area (Å²) in [7, 11) is 0. The fourth-order valence-electron chi connectivity index (χ4n) is 0.672.